The van der Waals surface area contributed by atoms with Crippen LogP contribution < -0.4 is 0 Å². The molecule has 1 aromatic carbocycles. The van der Waals surface area contributed by atoms with Crippen LogP contribution >= 0.6 is 11.6 Å². The van der Waals surface area contributed by atoms with Gasteiger partial charge in [-0.1, -0.05) is 41.9 Å². The minimum absolute atomic E-state index is 0.0254. The van der Waals surface area contributed by atoms with Crippen LogP contribution in [-0.4, -0.2) is 28.9 Å². The van der Waals surface area contributed by atoms with Crippen molar-refractivity contribution in [1.82, 2.24) is 9.88 Å². The van der Waals surface area contributed by atoms with E-state index >= 15 is 0 Å². The quantitative estimate of drug-likeness (QED) is 0.775. The van der Waals surface area contributed by atoms with Crippen molar-refractivity contribution in [3.8, 4) is 0 Å². The number of hydrogen-bond donors (Lipinski definition) is 0. The molecule has 3 rings (SSSR count). The van der Waals surface area contributed by atoms with Gasteiger partial charge < -0.3 is 4.90 Å². The molecule has 0 bridgehead atoms. The predicted octanol–water partition coefficient (Wildman–Crippen LogP) is 4.53. The molecule has 1 fully saturated rings. The summed E-state index contributed by atoms with van der Waals surface area (Å²) in [5.41, 5.74) is 2.03. The lowest BCUT2D eigenvalue weighted by Crippen LogP contribution is -2.39. The summed E-state index contributed by atoms with van der Waals surface area (Å²) in [7, 11) is 1.89. The van der Waals surface area contributed by atoms with Crippen LogP contribution in [0, 0.1) is 0 Å². The molecule has 2 aromatic rings. The van der Waals surface area contributed by atoms with Crippen LogP contribution in [0.15, 0.2) is 48.7 Å². The fourth-order valence-electron chi connectivity index (χ4n) is 3.43. The summed E-state index contributed by atoms with van der Waals surface area (Å²) in [4.78, 5) is 18.4. The maximum absolute atomic E-state index is 12.6. The molecule has 1 aliphatic carbocycles. The first-order chi connectivity index (χ1) is 11.1. The highest BCUT2D eigenvalue weighted by Gasteiger charge is 2.27. The van der Waals surface area contributed by atoms with Crippen LogP contribution in [0.2, 0.25) is 5.15 Å². The monoisotopic (exact) mass is 328 g/mol. The Kier molecular flexibility index (Phi) is 4.97. The minimum Gasteiger partial charge on any atom is -0.339 e. The molecule has 4 heteroatoms. The van der Waals surface area contributed by atoms with Crippen molar-refractivity contribution in [3.63, 3.8) is 0 Å². The lowest BCUT2D eigenvalue weighted by atomic mass is 9.81. The second-order valence-corrected chi connectivity index (χ2v) is 6.59. The summed E-state index contributed by atoms with van der Waals surface area (Å²) in [6, 6.07) is 14.3. The fraction of sp³-hybridized carbons (Fsp3) is 0.368. The first-order valence-corrected chi connectivity index (χ1v) is 8.46. The average molecular weight is 329 g/mol. The first-order valence-electron chi connectivity index (χ1n) is 8.09. The fourth-order valence-corrected chi connectivity index (χ4v) is 3.60. The molecule has 23 heavy (non-hydrogen) atoms. The highest BCUT2D eigenvalue weighted by atomic mass is 35.5. The van der Waals surface area contributed by atoms with E-state index in [4.69, 9.17) is 11.6 Å². The van der Waals surface area contributed by atoms with Gasteiger partial charge in [0.2, 0.25) is 0 Å². The minimum atomic E-state index is 0.0254. The van der Waals surface area contributed by atoms with Crippen LogP contribution in [0.1, 0.15) is 47.5 Å². The molecule has 0 unspecified atom stereocenters. The highest BCUT2D eigenvalue weighted by molar-refractivity contribution is 6.29. The standard InChI is InChI=1S/C19H21ClN2O/c1-22(19(23)16-11-12-21-18(20)13-16)17-9-7-15(8-10-17)14-5-3-2-4-6-14/h2-6,11-13,15,17H,7-10H2,1H3. The van der Waals surface area contributed by atoms with Crippen LogP contribution in [0.25, 0.3) is 0 Å². The summed E-state index contributed by atoms with van der Waals surface area (Å²) in [5, 5.41) is 0.358. The second kappa shape index (κ2) is 7.14. The zero-order valence-corrected chi connectivity index (χ0v) is 14.0. The Morgan fingerprint density at radius 2 is 1.83 bits per heavy atom. The lowest BCUT2D eigenvalue weighted by molar-refractivity contribution is 0.0689. The smallest absolute Gasteiger partial charge is 0.254 e. The summed E-state index contributed by atoms with van der Waals surface area (Å²) in [6.45, 7) is 0. The van der Waals surface area contributed by atoms with Crippen LogP contribution in [0.5, 0.6) is 0 Å². The van der Waals surface area contributed by atoms with Gasteiger partial charge in [-0.25, -0.2) is 4.98 Å². The summed E-state index contributed by atoms with van der Waals surface area (Å²) in [6.07, 6.45) is 5.92. The Balaban J connectivity index is 1.62. The Hall–Kier alpha value is -1.87. The highest BCUT2D eigenvalue weighted by Crippen LogP contribution is 2.34. The summed E-state index contributed by atoms with van der Waals surface area (Å²) < 4.78 is 0. The number of aromatic nitrogens is 1. The zero-order chi connectivity index (χ0) is 16.2. The van der Waals surface area contributed by atoms with Crippen molar-refractivity contribution in [1.29, 1.82) is 0 Å². The molecule has 120 valence electrons. The normalized spacial score (nSPS) is 21.0. The van der Waals surface area contributed by atoms with Gasteiger partial charge in [-0.2, -0.15) is 0 Å². The molecule has 3 nitrogen and oxygen atoms in total. The van der Waals surface area contributed by atoms with Crippen molar-refractivity contribution >= 4 is 17.5 Å². The van der Waals surface area contributed by atoms with E-state index in [0.717, 1.165) is 25.7 Å². The number of pyridine rings is 1. The topological polar surface area (TPSA) is 33.2 Å². The third kappa shape index (κ3) is 3.73. The van der Waals surface area contributed by atoms with Gasteiger partial charge in [0.1, 0.15) is 5.15 Å². The van der Waals surface area contributed by atoms with Gasteiger partial charge in [-0.3, -0.25) is 4.79 Å². The molecule has 1 saturated carbocycles. The van der Waals surface area contributed by atoms with Gasteiger partial charge in [0.05, 0.1) is 0 Å². The van der Waals surface area contributed by atoms with Gasteiger partial charge in [0, 0.05) is 24.8 Å². The predicted molar refractivity (Wildman–Crippen MR) is 92.8 cm³/mol. The summed E-state index contributed by atoms with van der Waals surface area (Å²) >= 11 is 5.88. The molecule has 0 saturated heterocycles. The average Bonchev–Trinajstić information content (AvgIpc) is 2.61. The third-order valence-corrected chi connectivity index (χ3v) is 5.02. The van der Waals surface area contributed by atoms with Gasteiger partial charge >= 0.3 is 0 Å². The lowest BCUT2D eigenvalue weighted by Gasteiger charge is -2.35. The van der Waals surface area contributed by atoms with E-state index < -0.39 is 0 Å². The third-order valence-electron chi connectivity index (χ3n) is 4.81. The van der Waals surface area contributed by atoms with Crippen LogP contribution in [0.3, 0.4) is 0 Å². The first kappa shape index (κ1) is 16.0. The number of benzene rings is 1. The maximum atomic E-state index is 12.6. The molecular weight excluding hydrogens is 308 g/mol. The number of amides is 1. The zero-order valence-electron chi connectivity index (χ0n) is 13.3. The van der Waals surface area contributed by atoms with Gasteiger partial charge in [0.25, 0.3) is 5.91 Å². The molecule has 0 atom stereocenters. The molecule has 1 aromatic heterocycles. The molecule has 1 heterocycles. The van der Waals surface area contributed by atoms with Gasteiger partial charge in [-0.05, 0) is 49.3 Å². The largest absolute Gasteiger partial charge is 0.339 e. The van der Waals surface area contributed by atoms with Crippen LogP contribution in [-0.2, 0) is 0 Å². The Bertz CT molecular complexity index is 666. The number of nitrogens with zero attached hydrogens (tertiary/aromatic N) is 2. The Labute approximate surface area is 142 Å². The number of hydrogen-bond acceptors (Lipinski definition) is 2. The number of carbonyl (C=O) groups is 1. The van der Waals surface area contributed by atoms with Gasteiger partial charge in [-0.15, -0.1) is 0 Å². The molecule has 1 amide bonds. The number of carbonyl (C=O) groups excluding carboxylic acids is 1. The Morgan fingerprint density at radius 3 is 2.48 bits per heavy atom. The second-order valence-electron chi connectivity index (χ2n) is 6.20. The molecule has 0 aliphatic heterocycles. The molecule has 0 N–H and O–H groups in total. The van der Waals surface area contributed by atoms with E-state index in [0.29, 0.717) is 22.7 Å². The van der Waals surface area contributed by atoms with Crippen molar-refractivity contribution in [2.75, 3.05) is 7.05 Å². The van der Waals surface area contributed by atoms with E-state index in [1.165, 1.54) is 5.56 Å². The van der Waals surface area contributed by atoms with Crippen molar-refractivity contribution in [3.05, 3.63) is 64.9 Å². The van der Waals surface area contributed by atoms with Gasteiger partial charge in [0.15, 0.2) is 0 Å². The molecule has 0 radical (unpaired) electrons. The van der Waals surface area contributed by atoms with E-state index in [1.54, 1.807) is 18.3 Å². The van der Waals surface area contributed by atoms with E-state index in [2.05, 4.69) is 35.3 Å². The van der Waals surface area contributed by atoms with E-state index in [9.17, 15) is 4.79 Å². The molecular formula is C19H21ClN2O. The molecule has 1 aliphatic rings. The van der Waals surface area contributed by atoms with E-state index in [-0.39, 0.29) is 5.91 Å². The Morgan fingerprint density at radius 1 is 1.13 bits per heavy atom. The number of rotatable bonds is 3. The van der Waals surface area contributed by atoms with Crippen molar-refractivity contribution in [2.24, 2.45) is 0 Å². The SMILES string of the molecule is CN(C(=O)c1ccnc(Cl)c1)C1CCC(c2ccccc2)CC1. The molecule has 0 spiro atoms. The maximum Gasteiger partial charge on any atom is 0.254 e. The summed E-state index contributed by atoms with van der Waals surface area (Å²) in [5.74, 6) is 0.642. The number of halogens is 1. The van der Waals surface area contributed by atoms with Crippen LogP contribution in [0.4, 0.5) is 0 Å². The van der Waals surface area contributed by atoms with E-state index in [1.807, 2.05) is 11.9 Å². The van der Waals surface area contributed by atoms with Crippen molar-refractivity contribution < 1.29 is 4.79 Å². The van der Waals surface area contributed by atoms with Crippen molar-refractivity contribution in [2.45, 2.75) is 37.6 Å².